The van der Waals surface area contributed by atoms with Crippen molar-refractivity contribution in [1.29, 1.82) is 0 Å². The third kappa shape index (κ3) is 10.8. The lowest BCUT2D eigenvalue weighted by atomic mass is 10.0. The number of benzene rings is 4. The zero-order chi connectivity index (χ0) is 56.1. The minimum Gasteiger partial charge on any atom is -0.358 e. The third-order valence-corrected chi connectivity index (χ3v) is 18.8. The predicted octanol–water partition coefficient (Wildman–Crippen LogP) is 7.98. The number of fused-ring (bicyclic) bond motifs is 2. The summed E-state index contributed by atoms with van der Waals surface area (Å²) < 4.78 is 56.1. The smallest absolute Gasteiger partial charge is 0.264 e. The number of rotatable bonds is 10. The van der Waals surface area contributed by atoms with Crippen LogP contribution in [0.15, 0.2) is 94.7 Å². The average molecular weight is 1140 g/mol. The Morgan fingerprint density at radius 3 is 1.24 bits per heavy atom. The summed E-state index contributed by atoms with van der Waals surface area (Å²) >= 11 is 12.1. The molecule has 0 aliphatic carbocycles. The first kappa shape index (κ1) is 55.6. The van der Waals surface area contributed by atoms with Crippen molar-refractivity contribution in [2.75, 3.05) is 99.8 Å². The lowest BCUT2D eigenvalue weighted by molar-refractivity contribution is -0.111. The Kier molecular flexibility index (Phi) is 15.6. The summed E-state index contributed by atoms with van der Waals surface area (Å²) in [4.78, 5) is 67.2. The van der Waals surface area contributed by atoms with E-state index in [4.69, 9.17) is 23.2 Å². The summed E-state index contributed by atoms with van der Waals surface area (Å²) in [6.07, 6.45) is 3.36. The van der Waals surface area contributed by atoms with Gasteiger partial charge in [0, 0.05) is 122 Å². The van der Waals surface area contributed by atoms with Gasteiger partial charge in [-0.3, -0.25) is 27.8 Å². The highest BCUT2D eigenvalue weighted by Gasteiger charge is 2.33. The van der Waals surface area contributed by atoms with Gasteiger partial charge in [0.05, 0.1) is 43.4 Å². The molecule has 0 radical (unpaired) electrons. The second-order valence-corrected chi connectivity index (χ2v) is 24.7. The number of likely N-dealkylation sites (N-methyl/N-ethyl adjacent to an activating group) is 2. The normalized spacial score (nSPS) is 16.9. The van der Waals surface area contributed by atoms with Gasteiger partial charge in [-0.05, 0) is 138 Å². The van der Waals surface area contributed by atoms with Crippen LogP contribution in [0.4, 0.5) is 22.7 Å². The van der Waals surface area contributed by atoms with Crippen LogP contribution in [0.25, 0.3) is 23.3 Å². The molecule has 78 heavy (non-hydrogen) atoms. The van der Waals surface area contributed by atoms with Crippen LogP contribution in [0.2, 0.25) is 10.0 Å². The van der Waals surface area contributed by atoms with E-state index in [1.807, 2.05) is 51.6 Å². The fraction of sp³-hybridized carbons (Fsp3) is 0.286. The second-order valence-electron chi connectivity index (χ2n) is 19.9. The van der Waals surface area contributed by atoms with Gasteiger partial charge < -0.3 is 40.2 Å². The fourth-order valence-corrected chi connectivity index (χ4v) is 12.8. The van der Waals surface area contributed by atoms with E-state index in [0.29, 0.717) is 104 Å². The molecule has 22 heteroatoms. The molecule has 4 aliphatic rings. The number of aromatic nitrogens is 2. The van der Waals surface area contributed by atoms with Gasteiger partial charge in [-0.15, -0.1) is 0 Å². The van der Waals surface area contributed by atoms with Crippen molar-refractivity contribution in [2.24, 2.45) is 0 Å². The maximum atomic E-state index is 13.4. The third-order valence-electron chi connectivity index (χ3n) is 14.7. The van der Waals surface area contributed by atoms with Crippen LogP contribution in [-0.4, -0.2) is 151 Å². The Balaban J connectivity index is 0.000000190. The molecule has 4 aliphatic heterocycles. The number of nitrogens with zero attached hydrogens (tertiary/aromatic N) is 6. The van der Waals surface area contributed by atoms with Crippen molar-refractivity contribution in [2.45, 2.75) is 37.5 Å². The molecule has 0 saturated carbocycles. The maximum Gasteiger partial charge on any atom is 0.264 e. The number of nitrogens with one attached hydrogen (secondary N) is 4. The largest absolute Gasteiger partial charge is 0.358 e. The number of amides is 4. The monoisotopic (exact) mass is 1130 g/mol. The zero-order valence-electron chi connectivity index (χ0n) is 44.4. The molecule has 4 aromatic carbocycles. The lowest BCUT2D eigenvalue weighted by Crippen LogP contribution is -2.47. The summed E-state index contributed by atoms with van der Waals surface area (Å²) in [6, 6.07) is 22.3. The number of sulfonamides is 2. The zero-order valence-corrected chi connectivity index (χ0v) is 47.6. The van der Waals surface area contributed by atoms with Crippen molar-refractivity contribution in [1.82, 2.24) is 29.6 Å². The van der Waals surface area contributed by atoms with E-state index in [-0.39, 0.29) is 33.4 Å². The van der Waals surface area contributed by atoms with Crippen LogP contribution in [0.1, 0.15) is 65.7 Å². The highest BCUT2D eigenvalue weighted by Crippen LogP contribution is 2.39. The maximum absolute atomic E-state index is 13.4. The standard InChI is InChI=1S/2C28H30ClN5O4S/c2*1-17-25(30-18(2)26(17)28(36)34-12-10-32(3)11-13-34)16-23-22-15-21(8-9-24(22)31-27(23)35)39(37,38)33(4)20-7-5-6-19(29)14-20/h2*5-9,14-16,30H,10-13H2,1-4H3,(H,31,35)/b2*23-16-. The van der Waals surface area contributed by atoms with Gasteiger partial charge >= 0.3 is 0 Å². The summed E-state index contributed by atoms with van der Waals surface area (Å²) in [6.45, 7) is 13.3. The molecule has 6 aromatic rings. The molecule has 18 nitrogen and oxygen atoms in total. The van der Waals surface area contributed by atoms with Gasteiger partial charge in [0.1, 0.15) is 0 Å². The van der Waals surface area contributed by atoms with Crippen molar-refractivity contribution in [3.63, 3.8) is 0 Å². The Hall–Kier alpha value is -7.20. The topological polar surface area (TPSA) is 212 Å². The van der Waals surface area contributed by atoms with Crippen LogP contribution in [0, 0.1) is 27.7 Å². The van der Waals surface area contributed by atoms with E-state index in [1.165, 1.54) is 38.4 Å². The summed E-state index contributed by atoms with van der Waals surface area (Å²) in [5, 5.41) is 6.46. The predicted molar refractivity (Wildman–Crippen MR) is 307 cm³/mol. The molecule has 0 spiro atoms. The molecular weight excluding hydrogens is 1080 g/mol. The second kappa shape index (κ2) is 21.9. The molecule has 2 aromatic heterocycles. The van der Waals surface area contributed by atoms with Crippen molar-refractivity contribution >= 4 is 113 Å². The number of hydrogen-bond donors (Lipinski definition) is 4. The van der Waals surface area contributed by atoms with Crippen LogP contribution in [-0.2, 0) is 29.6 Å². The Morgan fingerprint density at radius 1 is 0.538 bits per heavy atom. The number of H-pyrrole nitrogens is 2. The van der Waals surface area contributed by atoms with Crippen LogP contribution in [0.5, 0.6) is 0 Å². The number of aryl methyl sites for hydroxylation is 2. The fourth-order valence-electron chi connectivity index (χ4n) is 9.98. The van der Waals surface area contributed by atoms with E-state index in [2.05, 4.69) is 30.4 Å². The summed E-state index contributed by atoms with van der Waals surface area (Å²) in [5.41, 5.74) is 8.85. The van der Waals surface area contributed by atoms with Crippen LogP contribution < -0.4 is 19.2 Å². The van der Waals surface area contributed by atoms with E-state index < -0.39 is 20.0 Å². The van der Waals surface area contributed by atoms with Crippen LogP contribution in [0.3, 0.4) is 0 Å². The molecule has 6 heterocycles. The molecule has 0 unspecified atom stereocenters. The van der Waals surface area contributed by atoms with Crippen molar-refractivity contribution in [3.8, 4) is 0 Å². The number of anilines is 4. The number of halogens is 2. The Bertz CT molecular complexity index is 3480. The molecule has 0 bridgehead atoms. The average Bonchev–Trinajstić information content (AvgIpc) is 4.11. The Labute approximate surface area is 464 Å². The quantitative estimate of drug-likeness (QED) is 0.0972. The SMILES string of the molecule is Cc1[nH]c(/C=C2\C(=O)Nc3ccc(S(=O)(=O)N(C)c4cccc(Cl)c4)cc32)c(C)c1C(=O)N1CCN(C)CC1.Cc1[nH]c(/C=C2\C(=O)Nc3ccc(S(=O)(=O)N(C)c4cccc(Cl)c4)cc32)c(C)c1C(=O)N1CCN(C)CC1. The molecule has 2 saturated heterocycles. The number of carbonyl (C=O) groups excluding carboxylic acids is 4. The molecule has 4 N–H and O–H groups in total. The van der Waals surface area contributed by atoms with Crippen molar-refractivity contribution in [3.05, 3.63) is 151 Å². The number of carbonyl (C=O) groups is 4. The lowest BCUT2D eigenvalue weighted by Gasteiger charge is -2.32. The first-order valence-corrected chi connectivity index (χ1v) is 28.8. The van der Waals surface area contributed by atoms with Gasteiger partial charge in [-0.1, -0.05) is 35.3 Å². The highest BCUT2D eigenvalue weighted by atomic mass is 35.5. The summed E-state index contributed by atoms with van der Waals surface area (Å²) in [7, 11) is -0.884. The molecule has 408 valence electrons. The Morgan fingerprint density at radius 2 is 0.897 bits per heavy atom. The highest BCUT2D eigenvalue weighted by molar-refractivity contribution is 7.93. The summed E-state index contributed by atoms with van der Waals surface area (Å²) in [5.74, 6) is -0.761. The minimum atomic E-state index is -3.94. The van der Waals surface area contributed by atoms with E-state index in [1.54, 1.807) is 72.8 Å². The number of aromatic amines is 2. The molecule has 2 fully saturated rings. The number of hydrogen-bond acceptors (Lipinski definition) is 10. The first-order valence-electron chi connectivity index (χ1n) is 25.1. The minimum absolute atomic E-state index is 0.0345. The molecular formula is C56H60Cl2N10O8S2. The van der Waals surface area contributed by atoms with Crippen molar-refractivity contribution < 1.29 is 36.0 Å². The van der Waals surface area contributed by atoms with Gasteiger partial charge in [0.2, 0.25) is 0 Å². The first-order chi connectivity index (χ1) is 36.9. The van der Waals surface area contributed by atoms with Gasteiger partial charge in [-0.2, -0.15) is 0 Å². The number of piperazine rings is 2. The van der Waals surface area contributed by atoms with E-state index in [0.717, 1.165) is 57.3 Å². The van der Waals surface area contributed by atoms with E-state index in [9.17, 15) is 36.0 Å². The van der Waals surface area contributed by atoms with Gasteiger partial charge in [-0.25, -0.2) is 16.8 Å². The van der Waals surface area contributed by atoms with Gasteiger partial charge in [0.25, 0.3) is 43.7 Å². The van der Waals surface area contributed by atoms with Gasteiger partial charge in [0.15, 0.2) is 0 Å². The molecule has 10 rings (SSSR count). The molecule has 0 atom stereocenters. The molecule has 4 amide bonds. The van der Waals surface area contributed by atoms with E-state index >= 15 is 0 Å². The van der Waals surface area contributed by atoms with Crippen LogP contribution >= 0.6 is 23.2 Å².